The van der Waals surface area contributed by atoms with Crippen LogP contribution in [0.15, 0.2) is 48.8 Å². The zero-order valence-corrected chi connectivity index (χ0v) is 16.4. The standard InChI is InChI=1S/C20H19ClN4O3/c1-12-4-5-13(8-15(12)21)24-19-10-17(22-11-23-19)20(26)25-16-7-6-14(27-2)9-18(16)28-3/h4-11H,1-3H3,(H,25,26)(H,22,23,24). The lowest BCUT2D eigenvalue weighted by molar-refractivity contribution is 0.102. The second-order valence-electron chi connectivity index (χ2n) is 5.90. The Kier molecular flexibility index (Phi) is 5.96. The van der Waals surface area contributed by atoms with E-state index in [4.69, 9.17) is 21.1 Å². The first-order chi connectivity index (χ1) is 13.5. The monoisotopic (exact) mass is 398 g/mol. The molecule has 2 aromatic carbocycles. The molecular formula is C20H19ClN4O3. The van der Waals surface area contributed by atoms with Crippen LogP contribution in [0.2, 0.25) is 5.02 Å². The number of nitrogens with one attached hydrogen (secondary N) is 2. The number of nitrogens with zero attached hydrogens (tertiary/aromatic N) is 2. The summed E-state index contributed by atoms with van der Waals surface area (Å²) in [5.41, 5.74) is 2.45. The van der Waals surface area contributed by atoms with E-state index in [1.54, 1.807) is 37.4 Å². The summed E-state index contributed by atoms with van der Waals surface area (Å²) < 4.78 is 10.5. The number of carbonyl (C=O) groups excluding carboxylic acids is 1. The van der Waals surface area contributed by atoms with Crippen LogP contribution in [0, 0.1) is 6.92 Å². The van der Waals surface area contributed by atoms with E-state index in [0.29, 0.717) is 28.0 Å². The van der Waals surface area contributed by atoms with E-state index in [0.717, 1.165) is 11.3 Å². The molecule has 0 unspecified atom stereocenters. The summed E-state index contributed by atoms with van der Waals surface area (Å²) in [6.07, 6.45) is 1.32. The van der Waals surface area contributed by atoms with Crippen molar-refractivity contribution in [3.05, 3.63) is 65.1 Å². The molecule has 8 heteroatoms. The number of halogens is 1. The third-order valence-corrected chi connectivity index (χ3v) is 4.41. The highest BCUT2D eigenvalue weighted by molar-refractivity contribution is 6.31. The fourth-order valence-electron chi connectivity index (χ4n) is 2.46. The van der Waals surface area contributed by atoms with Gasteiger partial charge in [-0.2, -0.15) is 0 Å². The average molecular weight is 399 g/mol. The van der Waals surface area contributed by atoms with Gasteiger partial charge in [0, 0.05) is 22.8 Å². The molecule has 0 spiro atoms. The lowest BCUT2D eigenvalue weighted by atomic mass is 10.2. The van der Waals surface area contributed by atoms with E-state index in [9.17, 15) is 4.79 Å². The number of methoxy groups -OCH3 is 2. The highest BCUT2D eigenvalue weighted by atomic mass is 35.5. The van der Waals surface area contributed by atoms with Gasteiger partial charge in [-0.3, -0.25) is 4.79 Å². The maximum absolute atomic E-state index is 12.6. The van der Waals surface area contributed by atoms with Crippen molar-refractivity contribution >= 4 is 34.7 Å². The minimum atomic E-state index is -0.393. The molecule has 2 N–H and O–H groups in total. The Balaban J connectivity index is 1.78. The Morgan fingerprint density at radius 1 is 1.04 bits per heavy atom. The van der Waals surface area contributed by atoms with Crippen LogP contribution in [0.25, 0.3) is 0 Å². The molecule has 28 heavy (non-hydrogen) atoms. The number of anilines is 3. The Morgan fingerprint density at radius 2 is 1.86 bits per heavy atom. The van der Waals surface area contributed by atoms with Crippen LogP contribution in [0.3, 0.4) is 0 Å². The van der Waals surface area contributed by atoms with E-state index in [1.807, 2.05) is 19.1 Å². The molecule has 0 radical (unpaired) electrons. The SMILES string of the molecule is COc1ccc(NC(=O)c2cc(Nc3ccc(C)c(Cl)c3)ncn2)c(OC)c1. The van der Waals surface area contributed by atoms with Crippen molar-refractivity contribution in [1.82, 2.24) is 9.97 Å². The first-order valence-electron chi connectivity index (χ1n) is 8.38. The van der Waals surface area contributed by atoms with Crippen LogP contribution in [0.5, 0.6) is 11.5 Å². The molecule has 0 aliphatic carbocycles. The maximum atomic E-state index is 12.6. The van der Waals surface area contributed by atoms with Gasteiger partial charge in [-0.05, 0) is 36.8 Å². The number of hydrogen-bond acceptors (Lipinski definition) is 6. The molecule has 0 saturated carbocycles. The summed E-state index contributed by atoms with van der Waals surface area (Å²) in [6, 6.07) is 12.2. The van der Waals surface area contributed by atoms with Gasteiger partial charge in [0.05, 0.1) is 19.9 Å². The van der Waals surface area contributed by atoms with E-state index >= 15 is 0 Å². The molecule has 144 valence electrons. The summed E-state index contributed by atoms with van der Waals surface area (Å²) >= 11 is 6.14. The van der Waals surface area contributed by atoms with Crippen molar-refractivity contribution in [2.75, 3.05) is 24.9 Å². The number of benzene rings is 2. The van der Waals surface area contributed by atoms with E-state index in [-0.39, 0.29) is 5.69 Å². The van der Waals surface area contributed by atoms with Crippen LogP contribution in [0.4, 0.5) is 17.2 Å². The molecule has 0 bridgehead atoms. The molecule has 1 heterocycles. The number of aromatic nitrogens is 2. The Hall–Kier alpha value is -3.32. The van der Waals surface area contributed by atoms with Gasteiger partial charge < -0.3 is 20.1 Å². The van der Waals surface area contributed by atoms with Gasteiger partial charge in [-0.15, -0.1) is 0 Å². The predicted octanol–water partition coefficient (Wildman–Crippen LogP) is 4.45. The maximum Gasteiger partial charge on any atom is 0.274 e. The molecule has 7 nitrogen and oxygen atoms in total. The van der Waals surface area contributed by atoms with Crippen molar-refractivity contribution in [3.8, 4) is 11.5 Å². The molecule has 0 aliphatic heterocycles. The fourth-order valence-corrected chi connectivity index (χ4v) is 2.64. The number of hydrogen-bond donors (Lipinski definition) is 2. The second-order valence-corrected chi connectivity index (χ2v) is 6.30. The molecule has 0 saturated heterocycles. The predicted molar refractivity (Wildman–Crippen MR) is 109 cm³/mol. The zero-order chi connectivity index (χ0) is 20.1. The van der Waals surface area contributed by atoms with E-state index in [1.165, 1.54) is 13.4 Å². The fraction of sp³-hybridized carbons (Fsp3) is 0.150. The zero-order valence-electron chi connectivity index (χ0n) is 15.6. The first-order valence-corrected chi connectivity index (χ1v) is 8.76. The van der Waals surface area contributed by atoms with Crippen LogP contribution in [0.1, 0.15) is 16.1 Å². The summed E-state index contributed by atoms with van der Waals surface area (Å²) in [5.74, 6) is 1.19. The van der Waals surface area contributed by atoms with Crippen molar-refractivity contribution in [2.24, 2.45) is 0 Å². The lowest BCUT2D eigenvalue weighted by Crippen LogP contribution is -2.15. The van der Waals surface area contributed by atoms with Gasteiger partial charge in [0.1, 0.15) is 29.3 Å². The largest absolute Gasteiger partial charge is 0.497 e. The van der Waals surface area contributed by atoms with Crippen LogP contribution >= 0.6 is 11.6 Å². The van der Waals surface area contributed by atoms with Crippen molar-refractivity contribution in [2.45, 2.75) is 6.92 Å². The quantitative estimate of drug-likeness (QED) is 0.638. The van der Waals surface area contributed by atoms with Gasteiger partial charge >= 0.3 is 0 Å². The Labute approximate surface area is 167 Å². The molecule has 3 rings (SSSR count). The van der Waals surface area contributed by atoms with E-state index in [2.05, 4.69) is 20.6 Å². The summed E-state index contributed by atoms with van der Waals surface area (Å²) in [5, 5.41) is 6.53. The molecule has 1 amide bonds. The lowest BCUT2D eigenvalue weighted by Gasteiger charge is -2.12. The third kappa shape index (κ3) is 4.50. The van der Waals surface area contributed by atoms with Gasteiger partial charge in [0.25, 0.3) is 5.91 Å². The molecular weight excluding hydrogens is 380 g/mol. The van der Waals surface area contributed by atoms with Crippen molar-refractivity contribution in [3.63, 3.8) is 0 Å². The topological polar surface area (TPSA) is 85.4 Å². The van der Waals surface area contributed by atoms with Crippen LogP contribution < -0.4 is 20.1 Å². The Bertz CT molecular complexity index is 1010. The van der Waals surface area contributed by atoms with Gasteiger partial charge in [-0.1, -0.05) is 17.7 Å². The van der Waals surface area contributed by atoms with Gasteiger partial charge in [-0.25, -0.2) is 9.97 Å². The molecule has 1 aromatic heterocycles. The highest BCUT2D eigenvalue weighted by Gasteiger charge is 2.13. The number of aryl methyl sites for hydroxylation is 1. The summed E-state index contributed by atoms with van der Waals surface area (Å²) in [7, 11) is 3.08. The minimum absolute atomic E-state index is 0.202. The molecule has 0 atom stereocenters. The van der Waals surface area contributed by atoms with Crippen LogP contribution in [-0.2, 0) is 0 Å². The number of ether oxygens (including phenoxy) is 2. The van der Waals surface area contributed by atoms with Crippen molar-refractivity contribution < 1.29 is 14.3 Å². The molecule has 0 aliphatic rings. The highest BCUT2D eigenvalue weighted by Crippen LogP contribution is 2.29. The molecule has 0 fully saturated rings. The van der Waals surface area contributed by atoms with Gasteiger partial charge in [0.15, 0.2) is 0 Å². The minimum Gasteiger partial charge on any atom is -0.497 e. The van der Waals surface area contributed by atoms with E-state index < -0.39 is 5.91 Å². The third-order valence-electron chi connectivity index (χ3n) is 4.00. The first kappa shape index (κ1) is 19.4. The normalized spacial score (nSPS) is 10.3. The van der Waals surface area contributed by atoms with Gasteiger partial charge in [0.2, 0.25) is 0 Å². The number of rotatable bonds is 6. The van der Waals surface area contributed by atoms with Crippen molar-refractivity contribution in [1.29, 1.82) is 0 Å². The summed E-state index contributed by atoms with van der Waals surface area (Å²) in [6.45, 7) is 1.92. The average Bonchev–Trinajstić information content (AvgIpc) is 2.71. The second kappa shape index (κ2) is 8.58. The number of carbonyl (C=O) groups is 1. The summed E-state index contributed by atoms with van der Waals surface area (Å²) in [4.78, 5) is 20.8. The number of amides is 1. The molecule has 3 aromatic rings. The Morgan fingerprint density at radius 3 is 2.57 bits per heavy atom. The van der Waals surface area contributed by atoms with Crippen LogP contribution in [-0.4, -0.2) is 30.1 Å². The smallest absolute Gasteiger partial charge is 0.274 e.